The summed E-state index contributed by atoms with van der Waals surface area (Å²) in [5, 5.41) is 14.7. The molecule has 1 amide bonds. The van der Waals surface area contributed by atoms with Gasteiger partial charge in [-0.05, 0) is 24.3 Å². The SMILES string of the molecule is NC(=O)c1c([C@@H]2CS(=O)(=O)C[C@@H]2O)c(-c2ccc(C(F)(F)F)cc2)nn(-c2cccnc2)c1=O. The third-order valence-electron chi connectivity index (χ3n) is 5.45. The lowest BCUT2D eigenvalue weighted by atomic mass is 9.88. The number of rotatable bonds is 4. The molecule has 0 saturated carbocycles. The van der Waals surface area contributed by atoms with Crippen molar-refractivity contribution in [1.82, 2.24) is 14.8 Å². The Morgan fingerprint density at radius 3 is 2.32 bits per heavy atom. The van der Waals surface area contributed by atoms with Crippen molar-refractivity contribution in [3.63, 3.8) is 0 Å². The molecule has 0 aliphatic carbocycles. The maximum atomic E-state index is 13.2. The first kappa shape index (κ1) is 23.6. The van der Waals surface area contributed by atoms with Crippen molar-refractivity contribution in [2.24, 2.45) is 5.73 Å². The van der Waals surface area contributed by atoms with Crippen molar-refractivity contribution >= 4 is 15.7 Å². The summed E-state index contributed by atoms with van der Waals surface area (Å²) in [5.41, 5.74) is 2.75. The molecule has 1 aliphatic rings. The lowest BCUT2D eigenvalue weighted by Gasteiger charge is -2.21. The van der Waals surface area contributed by atoms with Gasteiger partial charge in [0.15, 0.2) is 9.84 Å². The summed E-state index contributed by atoms with van der Waals surface area (Å²) >= 11 is 0. The quantitative estimate of drug-likeness (QED) is 0.556. The minimum absolute atomic E-state index is 0.0552. The van der Waals surface area contributed by atoms with Crippen LogP contribution in [0.2, 0.25) is 0 Å². The minimum atomic E-state index is -4.61. The number of aliphatic hydroxyl groups is 1. The van der Waals surface area contributed by atoms with Gasteiger partial charge < -0.3 is 10.8 Å². The van der Waals surface area contributed by atoms with Crippen LogP contribution in [-0.2, 0) is 16.0 Å². The fraction of sp³-hybridized carbons (Fsp3) is 0.238. The van der Waals surface area contributed by atoms with Gasteiger partial charge in [0.1, 0.15) is 5.56 Å². The summed E-state index contributed by atoms with van der Waals surface area (Å²) in [4.78, 5) is 29.5. The van der Waals surface area contributed by atoms with E-state index in [0.29, 0.717) is 0 Å². The van der Waals surface area contributed by atoms with Crippen molar-refractivity contribution in [3.05, 3.63) is 75.8 Å². The van der Waals surface area contributed by atoms with Gasteiger partial charge in [-0.1, -0.05) is 12.1 Å². The van der Waals surface area contributed by atoms with Gasteiger partial charge in [-0.15, -0.1) is 0 Å². The molecule has 0 spiro atoms. The van der Waals surface area contributed by atoms with Crippen LogP contribution < -0.4 is 11.3 Å². The van der Waals surface area contributed by atoms with Crippen LogP contribution >= 0.6 is 0 Å². The number of carbonyl (C=O) groups is 1. The molecule has 1 fully saturated rings. The Morgan fingerprint density at radius 1 is 1.15 bits per heavy atom. The van der Waals surface area contributed by atoms with Crippen LogP contribution in [0.1, 0.15) is 27.4 Å². The number of aliphatic hydroxyl groups excluding tert-OH is 1. The Balaban J connectivity index is 2.06. The van der Waals surface area contributed by atoms with E-state index in [1.165, 1.54) is 24.5 Å². The molecule has 178 valence electrons. The van der Waals surface area contributed by atoms with Gasteiger partial charge in [0.05, 0.1) is 40.8 Å². The number of primary amides is 1. The second-order valence-corrected chi connectivity index (χ2v) is 9.91. The first-order valence-electron chi connectivity index (χ1n) is 9.82. The van der Waals surface area contributed by atoms with Crippen LogP contribution in [0.5, 0.6) is 0 Å². The van der Waals surface area contributed by atoms with Crippen LogP contribution in [0.4, 0.5) is 13.2 Å². The first-order valence-corrected chi connectivity index (χ1v) is 11.6. The first-order chi connectivity index (χ1) is 15.9. The second-order valence-electron chi connectivity index (χ2n) is 7.76. The molecule has 0 unspecified atom stereocenters. The molecule has 4 rings (SSSR count). The highest BCUT2D eigenvalue weighted by molar-refractivity contribution is 7.91. The summed E-state index contributed by atoms with van der Waals surface area (Å²) in [5.74, 6) is -3.66. The number of hydrogen-bond acceptors (Lipinski definition) is 7. The van der Waals surface area contributed by atoms with Crippen molar-refractivity contribution in [2.45, 2.75) is 18.2 Å². The molecule has 2 atom stereocenters. The van der Waals surface area contributed by atoms with Crippen LogP contribution in [0.25, 0.3) is 16.9 Å². The van der Waals surface area contributed by atoms with E-state index in [-0.39, 0.29) is 22.5 Å². The Labute approximate surface area is 190 Å². The zero-order chi connectivity index (χ0) is 24.8. The number of amides is 1. The van der Waals surface area contributed by atoms with E-state index < -0.39 is 62.1 Å². The van der Waals surface area contributed by atoms with Crippen molar-refractivity contribution in [2.75, 3.05) is 11.5 Å². The van der Waals surface area contributed by atoms with Gasteiger partial charge in [0.25, 0.3) is 11.5 Å². The zero-order valence-electron chi connectivity index (χ0n) is 17.2. The maximum Gasteiger partial charge on any atom is 0.416 e. The van der Waals surface area contributed by atoms with Crippen LogP contribution in [0, 0.1) is 0 Å². The van der Waals surface area contributed by atoms with E-state index in [1.54, 1.807) is 0 Å². The van der Waals surface area contributed by atoms with Gasteiger partial charge >= 0.3 is 6.18 Å². The molecule has 34 heavy (non-hydrogen) atoms. The molecule has 3 N–H and O–H groups in total. The second kappa shape index (κ2) is 8.33. The summed E-state index contributed by atoms with van der Waals surface area (Å²) in [7, 11) is -3.73. The van der Waals surface area contributed by atoms with E-state index in [9.17, 15) is 36.3 Å². The predicted octanol–water partition coefficient (Wildman–Crippen LogP) is 1.29. The standard InChI is InChI=1S/C21H17F3N4O5S/c22-21(23,24)12-5-3-11(4-6-12)18-16(14-9-34(32,33)10-15(14)29)17(19(25)30)20(31)28(27-18)13-2-1-7-26-8-13/h1-8,14-15,29H,9-10H2,(H2,25,30)/t14-,15+/m1/s1. The van der Waals surface area contributed by atoms with E-state index in [1.807, 2.05) is 0 Å². The highest BCUT2D eigenvalue weighted by Gasteiger charge is 2.42. The number of benzene rings is 1. The molecule has 0 radical (unpaired) electrons. The van der Waals surface area contributed by atoms with E-state index in [2.05, 4.69) is 10.1 Å². The molecular formula is C21H17F3N4O5S. The average molecular weight is 494 g/mol. The minimum Gasteiger partial charge on any atom is -0.391 e. The molecule has 1 aliphatic heterocycles. The smallest absolute Gasteiger partial charge is 0.391 e. The number of pyridine rings is 1. The molecule has 1 saturated heterocycles. The van der Waals surface area contributed by atoms with Gasteiger partial charge in [-0.3, -0.25) is 14.6 Å². The molecule has 3 heterocycles. The number of aromatic nitrogens is 3. The highest BCUT2D eigenvalue weighted by atomic mass is 32.2. The third kappa shape index (κ3) is 4.31. The Kier molecular flexibility index (Phi) is 5.77. The van der Waals surface area contributed by atoms with Crippen molar-refractivity contribution in [3.8, 4) is 16.9 Å². The molecule has 1 aromatic carbocycles. The number of alkyl halides is 3. The number of sulfone groups is 1. The molecule has 3 aromatic rings. The van der Waals surface area contributed by atoms with Crippen molar-refractivity contribution < 1.29 is 31.5 Å². The molecule has 2 aromatic heterocycles. The molecule has 13 heteroatoms. The van der Waals surface area contributed by atoms with Gasteiger partial charge in [0.2, 0.25) is 0 Å². The Morgan fingerprint density at radius 2 is 1.82 bits per heavy atom. The maximum absolute atomic E-state index is 13.2. The van der Waals surface area contributed by atoms with Gasteiger partial charge in [-0.25, -0.2) is 8.42 Å². The number of carbonyl (C=O) groups excluding carboxylic acids is 1. The third-order valence-corrected chi connectivity index (χ3v) is 7.16. The summed E-state index contributed by atoms with van der Waals surface area (Å²) in [6.45, 7) is 0. The topological polar surface area (TPSA) is 145 Å². The lowest BCUT2D eigenvalue weighted by molar-refractivity contribution is -0.137. The normalized spacial score (nSPS) is 19.8. The number of hydrogen-bond donors (Lipinski definition) is 2. The number of nitrogens with two attached hydrogens (primary N) is 1. The van der Waals surface area contributed by atoms with E-state index in [0.717, 1.165) is 28.9 Å². The fourth-order valence-electron chi connectivity index (χ4n) is 3.93. The van der Waals surface area contributed by atoms with Crippen molar-refractivity contribution in [1.29, 1.82) is 0 Å². The Bertz CT molecular complexity index is 1420. The largest absolute Gasteiger partial charge is 0.416 e. The lowest BCUT2D eigenvalue weighted by Crippen LogP contribution is -2.35. The summed E-state index contributed by atoms with van der Waals surface area (Å²) < 4.78 is 64.3. The summed E-state index contributed by atoms with van der Waals surface area (Å²) in [6, 6.07) is 6.67. The highest BCUT2D eigenvalue weighted by Crippen LogP contribution is 2.37. The monoisotopic (exact) mass is 494 g/mol. The molecule has 0 bridgehead atoms. The fourth-order valence-corrected chi connectivity index (χ4v) is 5.75. The number of halogens is 3. The molecule has 9 nitrogen and oxygen atoms in total. The molecular weight excluding hydrogens is 477 g/mol. The number of nitrogens with zero attached hydrogens (tertiary/aromatic N) is 3. The van der Waals surface area contributed by atoms with Gasteiger partial charge in [0, 0.05) is 23.2 Å². The van der Waals surface area contributed by atoms with Crippen LogP contribution in [0.15, 0.2) is 53.6 Å². The Hall–Kier alpha value is -3.58. The van der Waals surface area contributed by atoms with Crippen LogP contribution in [0.3, 0.4) is 0 Å². The zero-order valence-corrected chi connectivity index (χ0v) is 18.0. The predicted molar refractivity (Wildman–Crippen MR) is 114 cm³/mol. The summed E-state index contributed by atoms with van der Waals surface area (Å²) in [6.07, 6.45) is -3.40. The average Bonchev–Trinajstić information content (AvgIpc) is 3.05. The van der Waals surface area contributed by atoms with E-state index >= 15 is 0 Å². The van der Waals surface area contributed by atoms with E-state index in [4.69, 9.17) is 5.73 Å². The van der Waals surface area contributed by atoms with Crippen LogP contribution in [-0.4, -0.2) is 51.8 Å². The van der Waals surface area contributed by atoms with Gasteiger partial charge in [-0.2, -0.15) is 23.0 Å².